The highest BCUT2D eigenvalue weighted by Crippen LogP contribution is 2.78. The summed E-state index contributed by atoms with van der Waals surface area (Å²) < 4.78 is 17.1. The summed E-state index contributed by atoms with van der Waals surface area (Å²) in [4.78, 5) is 23.8. The average molecular weight is 322 g/mol. The standard InChI is InChI=1S/C17H22O6/c1-21-14(20)15(10-8-13(18)19)9-7-12-17(22-12)16(15,23-17)11-5-3-2-4-6-11/h8,10-12H,2-7,9H2,1H3,(H,18,19). The van der Waals surface area contributed by atoms with Crippen LogP contribution in [-0.2, 0) is 23.8 Å². The van der Waals surface area contributed by atoms with E-state index in [-0.39, 0.29) is 12.0 Å². The Hall–Kier alpha value is -1.40. The highest BCUT2D eigenvalue weighted by molar-refractivity contribution is 5.86. The summed E-state index contributed by atoms with van der Waals surface area (Å²) in [7, 11) is 1.35. The first kappa shape index (κ1) is 15.1. The first-order valence-electron chi connectivity index (χ1n) is 8.41. The van der Waals surface area contributed by atoms with Crippen LogP contribution in [0.4, 0.5) is 0 Å². The number of hydrogen-bond acceptors (Lipinski definition) is 5. The molecule has 1 spiro atoms. The SMILES string of the molecule is COC(=O)C1(C=CC(=O)O)CCC2OC23OC13C1CCCCC1. The average Bonchev–Trinajstić information content (AvgIpc) is 3.45. The van der Waals surface area contributed by atoms with E-state index in [9.17, 15) is 9.59 Å². The van der Waals surface area contributed by atoms with Gasteiger partial charge in [0.15, 0.2) is 5.60 Å². The van der Waals surface area contributed by atoms with Crippen molar-refractivity contribution in [1.82, 2.24) is 0 Å². The smallest absolute Gasteiger partial charge is 0.328 e. The van der Waals surface area contributed by atoms with Crippen molar-refractivity contribution >= 4 is 11.9 Å². The monoisotopic (exact) mass is 322 g/mol. The maximum absolute atomic E-state index is 12.7. The van der Waals surface area contributed by atoms with Gasteiger partial charge in [0.1, 0.15) is 11.5 Å². The molecule has 0 radical (unpaired) electrons. The Morgan fingerprint density at radius 1 is 1.22 bits per heavy atom. The van der Waals surface area contributed by atoms with Gasteiger partial charge in [0.25, 0.3) is 0 Å². The maximum atomic E-state index is 12.7. The second-order valence-electron chi connectivity index (χ2n) is 7.12. The Kier molecular flexibility index (Phi) is 3.16. The lowest BCUT2D eigenvalue weighted by Crippen LogP contribution is -2.53. The summed E-state index contributed by atoms with van der Waals surface area (Å²) in [6.07, 6.45) is 9.17. The van der Waals surface area contributed by atoms with Crippen molar-refractivity contribution in [2.75, 3.05) is 7.11 Å². The van der Waals surface area contributed by atoms with Gasteiger partial charge in [0.2, 0.25) is 5.79 Å². The van der Waals surface area contributed by atoms with E-state index in [1.165, 1.54) is 19.6 Å². The number of carboxylic acids is 1. The molecule has 4 unspecified atom stereocenters. The zero-order valence-corrected chi connectivity index (χ0v) is 13.2. The van der Waals surface area contributed by atoms with Crippen LogP contribution in [0, 0.1) is 11.3 Å². The molecule has 0 aromatic rings. The normalized spacial score (nSPS) is 45.2. The molecule has 0 bridgehead atoms. The summed E-state index contributed by atoms with van der Waals surface area (Å²) in [6.45, 7) is 0. The number of carbonyl (C=O) groups is 2. The lowest BCUT2D eigenvalue weighted by molar-refractivity contribution is -0.156. The first-order chi connectivity index (χ1) is 11.0. The molecule has 2 saturated carbocycles. The second kappa shape index (κ2) is 4.80. The van der Waals surface area contributed by atoms with Crippen LogP contribution in [-0.4, -0.2) is 41.6 Å². The van der Waals surface area contributed by atoms with Crippen molar-refractivity contribution in [3.63, 3.8) is 0 Å². The van der Waals surface area contributed by atoms with Crippen molar-refractivity contribution in [3.05, 3.63) is 12.2 Å². The number of esters is 1. The molecule has 126 valence electrons. The molecule has 1 N–H and O–H groups in total. The molecule has 4 atom stereocenters. The van der Waals surface area contributed by atoms with Gasteiger partial charge in [0.05, 0.1) is 7.11 Å². The minimum Gasteiger partial charge on any atom is -0.478 e. The number of methoxy groups -OCH3 is 1. The lowest BCUT2D eigenvalue weighted by Gasteiger charge is -2.41. The molecule has 2 aliphatic carbocycles. The zero-order chi connectivity index (χ0) is 16.3. The van der Waals surface area contributed by atoms with E-state index in [1.807, 2.05) is 0 Å². The molecule has 0 aromatic carbocycles. The predicted molar refractivity (Wildman–Crippen MR) is 78.5 cm³/mol. The fourth-order valence-corrected chi connectivity index (χ4v) is 5.17. The van der Waals surface area contributed by atoms with Crippen LogP contribution in [0.15, 0.2) is 12.2 Å². The minimum atomic E-state index is -1.07. The third-order valence-corrected chi connectivity index (χ3v) is 6.18. The largest absolute Gasteiger partial charge is 0.478 e. The van der Waals surface area contributed by atoms with Gasteiger partial charge in [-0.1, -0.05) is 25.3 Å². The Labute approximate surface area is 134 Å². The molecule has 6 heteroatoms. The minimum absolute atomic E-state index is 0.0421. The van der Waals surface area contributed by atoms with Crippen molar-refractivity contribution in [2.45, 2.75) is 62.4 Å². The Morgan fingerprint density at radius 3 is 2.61 bits per heavy atom. The molecule has 2 saturated heterocycles. The van der Waals surface area contributed by atoms with Crippen LogP contribution in [0.2, 0.25) is 0 Å². The van der Waals surface area contributed by atoms with Crippen LogP contribution in [0.25, 0.3) is 0 Å². The summed E-state index contributed by atoms with van der Waals surface area (Å²) in [5.41, 5.74) is -1.81. The van der Waals surface area contributed by atoms with Gasteiger partial charge in [0, 0.05) is 6.08 Å². The lowest BCUT2D eigenvalue weighted by atomic mass is 9.58. The van der Waals surface area contributed by atoms with E-state index < -0.39 is 28.7 Å². The number of aliphatic carboxylic acids is 1. The van der Waals surface area contributed by atoms with Crippen LogP contribution in [0.5, 0.6) is 0 Å². The third-order valence-electron chi connectivity index (χ3n) is 6.18. The van der Waals surface area contributed by atoms with E-state index in [0.717, 1.165) is 31.8 Å². The quantitative estimate of drug-likeness (QED) is 0.484. The Morgan fingerprint density at radius 2 is 1.96 bits per heavy atom. The molecule has 2 heterocycles. The summed E-state index contributed by atoms with van der Waals surface area (Å²) in [5.74, 6) is -1.95. The molecule has 4 aliphatic rings. The number of hydrogen-bond donors (Lipinski definition) is 1. The molecular weight excluding hydrogens is 300 g/mol. The van der Waals surface area contributed by atoms with Gasteiger partial charge in [-0.25, -0.2) is 4.79 Å². The van der Waals surface area contributed by atoms with E-state index >= 15 is 0 Å². The highest BCUT2D eigenvalue weighted by atomic mass is 16.9. The molecular formula is C17H22O6. The van der Waals surface area contributed by atoms with Crippen molar-refractivity contribution < 1.29 is 28.9 Å². The molecule has 0 amide bonds. The number of epoxide rings is 2. The number of ether oxygens (including phenoxy) is 3. The maximum Gasteiger partial charge on any atom is 0.328 e. The molecule has 4 fully saturated rings. The van der Waals surface area contributed by atoms with Crippen molar-refractivity contribution in [3.8, 4) is 0 Å². The first-order valence-corrected chi connectivity index (χ1v) is 8.41. The van der Waals surface area contributed by atoms with E-state index in [0.29, 0.717) is 12.8 Å². The van der Waals surface area contributed by atoms with E-state index in [1.54, 1.807) is 0 Å². The molecule has 2 aliphatic heterocycles. The Balaban J connectivity index is 1.79. The fourth-order valence-electron chi connectivity index (χ4n) is 5.17. The summed E-state index contributed by atoms with van der Waals surface area (Å²) >= 11 is 0. The summed E-state index contributed by atoms with van der Waals surface area (Å²) in [5, 5.41) is 9.07. The number of carbonyl (C=O) groups excluding carboxylic acids is 1. The van der Waals surface area contributed by atoms with Gasteiger partial charge < -0.3 is 19.3 Å². The Bertz CT molecular complexity index is 580. The molecule has 23 heavy (non-hydrogen) atoms. The van der Waals surface area contributed by atoms with Gasteiger partial charge in [-0.3, -0.25) is 4.79 Å². The van der Waals surface area contributed by atoms with Gasteiger partial charge in [-0.2, -0.15) is 0 Å². The van der Waals surface area contributed by atoms with Crippen LogP contribution >= 0.6 is 0 Å². The highest BCUT2D eigenvalue weighted by Gasteiger charge is 2.95. The van der Waals surface area contributed by atoms with Gasteiger partial charge >= 0.3 is 11.9 Å². The molecule has 6 nitrogen and oxygen atoms in total. The zero-order valence-electron chi connectivity index (χ0n) is 13.2. The van der Waals surface area contributed by atoms with Crippen LogP contribution in [0.3, 0.4) is 0 Å². The van der Waals surface area contributed by atoms with Crippen molar-refractivity contribution in [1.29, 1.82) is 0 Å². The number of rotatable bonds is 4. The predicted octanol–water partition coefficient (Wildman–Crippen LogP) is 2.02. The fraction of sp³-hybridized carbons (Fsp3) is 0.765. The third kappa shape index (κ3) is 1.76. The van der Waals surface area contributed by atoms with Gasteiger partial charge in [-0.15, -0.1) is 0 Å². The van der Waals surface area contributed by atoms with E-state index in [4.69, 9.17) is 19.3 Å². The topological polar surface area (TPSA) is 88.7 Å². The van der Waals surface area contributed by atoms with E-state index in [2.05, 4.69) is 0 Å². The van der Waals surface area contributed by atoms with Crippen LogP contribution < -0.4 is 0 Å². The van der Waals surface area contributed by atoms with Crippen molar-refractivity contribution in [2.24, 2.45) is 11.3 Å². The summed E-state index contributed by atoms with van der Waals surface area (Å²) in [6, 6.07) is 0. The molecule has 0 aromatic heterocycles. The van der Waals surface area contributed by atoms with Crippen LogP contribution in [0.1, 0.15) is 44.9 Å². The second-order valence-corrected chi connectivity index (χ2v) is 7.12. The number of carboxylic acid groups (broad SMARTS) is 1. The molecule has 4 rings (SSSR count). The van der Waals surface area contributed by atoms with Gasteiger partial charge in [-0.05, 0) is 31.6 Å².